The van der Waals surface area contributed by atoms with Crippen molar-refractivity contribution in [2.75, 3.05) is 13.2 Å². The van der Waals surface area contributed by atoms with Crippen molar-refractivity contribution >= 4 is 58.0 Å². The normalized spacial score (nSPS) is 15.4. The van der Waals surface area contributed by atoms with Crippen molar-refractivity contribution in [3.63, 3.8) is 0 Å². The molecule has 2 aromatic carbocycles. The molecule has 1 N–H and O–H groups in total. The first-order chi connectivity index (χ1) is 17.8. The first kappa shape index (κ1) is 28.6. The number of halogens is 2. The van der Waals surface area contributed by atoms with Gasteiger partial charge in [-0.2, -0.15) is 0 Å². The minimum absolute atomic E-state index is 0.117. The predicted octanol–water partition coefficient (Wildman–Crippen LogP) is 7.16. The molecule has 196 valence electrons. The quantitative estimate of drug-likeness (QED) is 0.306. The Morgan fingerprint density at radius 3 is 2.46 bits per heavy atom. The van der Waals surface area contributed by atoms with Gasteiger partial charge in [0.2, 0.25) is 5.91 Å². The van der Waals surface area contributed by atoms with E-state index in [9.17, 15) is 14.7 Å². The number of hydrogen-bond donors (Lipinski definition) is 1. The maximum Gasteiger partial charge on any atom is 0.344 e. The molecule has 2 aromatic rings. The van der Waals surface area contributed by atoms with Crippen LogP contribution in [0.4, 0.5) is 0 Å². The molecule has 0 saturated heterocycles. The van der Waals surface area contributed by atoms with Crippen molar-refractivity contribution in [3.8, 4) is 11.5 Å². The van der Waals surface area contributed by atoms with Gasteiger partial charge >= 0.3 is 5.97 Å². The largest absolute Gasteiger partial charge is 0.506 e. The number of carbonyl (C=O) groups excluding carboxylic acids is 2. The zero-order valence-corrected chi connectivity index (χ0v) is 23.0. The van der Waals surface area contributed by atoms with E-state index in [1.807, 2.05) is 19.9 Å². The van der Waals surface area contributed by atoms with Gasteiger partial charge in [0.1, 0.15) is 23.0 Å². The fourth-order valence-corrected chi connectivity index (χ4v) is 4.67. The summed E-state index contributed by atoms with van der Waals surface area (Å²) in [5, 5.41) is 11.8. The van der Waals surface area contributed by atoms with Gasteiger partial charge in [-0.3, -0.25) is 4.79 Å². The molecule has 0 fully saturated rings. The van der Waals surface area contributed by atoms with Gasteiger partial charge in [0.05, 0.1) is 28.2 Å². The van der Waals surface area contributed by atoms with E-state index in [2.05, 4.69) is 4.99 Å². The Labute approximate surface area is 230 Å². The summed E-state index contributed by atoms with van der Waals surface area (Å²) < 4.78 is 16.8. The van der Waals surface area contributed by atoms with Crippen LogP contribution in [0.5, 0.6) is 11.5 Å². The Balaban J connectivity index is 1.89. The number of benzene rings is 2. The van der Waals surface area contributed by atoms with Crippen LogP contribution in [0.3, 0.4) is 0 Å². The highest BCUT2D eigenvalue weighted by Crippen LogP contribution is 2.40. The van der Waals surface area contributed by atoms with E-state index in [-0.39, 0.29) is 41.9 Å². The molecule has 0 spiro atoms. The molecule has 1 heterocycles. The molecule has 0 unspecified atom stereocenters. The Morgan fingerprint density at radius 1 is 1.00 bits per heavy atom. The molecule has 0 bridgehead atoms. The lowest BCUT2D eigenvalue weighted by molar-refractivity contribution is -0.138. The third kappa shape index (κ3) is 7.53. The molecule has 0 radical (unpaired) electrons. The molecule has 10 heteroatoms. The third-order valence-corrected chi connectivity index (χ3v) is 6.76. The Hall–Kier alpha value is -2.94. The summed E-state index contributed by atoms with van der Waals surface area (Å²) in [6.07, 6.45) is 2.53. The fraction of sp³-hybridized carbons (Fsp3) is 0.296. The minimum Gasteiger partial charge on any atom is -0.506 e. The molecular weight excluding hydrogens is 537 g/mol. The minimum atomic E-state index is -0.736. The maximum atomic E-state index is 12.5. The number of aliphatic imine (C=N–C) groups is 1. The van der Waals surface area contributed by atoms with Gasteiger partial charge in [0, 0.05) is 6.42 Å². The van der Waals surface area contributed by atoms with Crippen LogP contribution >= 0.6 is 35.0 Å². The van der Waals surface area contributed by atoms with Gasteiger partial charge in [-0.15, -0.1) is 0 Å². The van der Waals surface area contributed by atoms with Crippen LogP contribution in [-0.4, -0.2) is 35.2 Å². The number of hydrogen-bond acceptors (Lipinski definition) is 7. The highest BCUT2D eigenvalue weighted by atomic mass is 35.5. The Kier molecular flexibility index (Phi) is 10.5. The van der Waals surface area contributed by atoms with Gasteiger partial charge in [-0.1, -0.05) is 54.0 Å². The lowest BCUT2D eigenvalue weighted by Crippen LogP contribution is -2.14. The van der Waals surface area contributed by atoms with E-state index in [1.54, 1.807) is 43.3 Å². The second kappa shape index (κ2) is 13.6. The summed E-state index contributed by atoms with van der Waals surface area (Å²) in [6, 6.07) is 10.6. The average Bonchev–Trinajstić information content (AvgIpc) is 3.15. The highest BCUT2D eigenvalue weighted by molar-refractivity contribution is 8.18. The number of thioether (sulfide) groups is 1. The molecule has 3 rings (SSSR count). The van der Waals surface area contributed by atoms with E-state index in [4.69, 9.17) is 37.4 Å². The SMILES string of the molecule is CCCC(=O)N=C1S/C(=C\c2ccc(OCc3ccc(Cl)c(Cl)c3)c(OCC)c2)C(O)=C1C(=O)OCC. The molecule has 0 aliphatic carbocycles. The van der Waals surface area contributed by atoms with Crippen LogP contribution in [-0.2, 0) is 20.9 Å². The van der Waals surface area contributed by atoms with E-state index in [0.717, 1.165) is 17.3 Å². The van der Waals surface area contributed by atoms with E-state index >= 15 is 0 Å². The topological polar surface area (TPSA) is 94.4 Å². The lowest BCUT2D eigenvalue weighted by atomic mass is 10.1. The number of aliphatic hydroxyl groups excluding tert-OH is 1. The molecule has 1 aliphatic heterocycles. The summed E-state index contributed by atoms with van der Waals surface area (Å²) in [5.41, 5.74) is 1.41. The third-order valence-electron chi connectivity index (χ3n) is 5.00. The number of nitrogens with zero attached hydrogens (tertiary/aromatic N) is 1. The second-order valence-corrected chi connectivity index (χ2v) is 9.64. The van der Waals surface area contributed by atoms with Crippen molar-refractivity contribution in [2.24, 2.45) is 4.99 Å². The summed E-state index contributed by atoms with van der Waals surface area (Å²) >= 11 is 13.1. The van der Waals surface area contributed by atoms with Crippen molar-refractivity contribution < 1.29 is 28.9 Å². The van der Waals surface area contributed by atoms with Gasteiger partial charge < -0.3 is 19.3 Å². The van der Waals surface area contributed by atoms with Gasteiger partial charge in [0.15, 0.2) is 11.5 Å². The summed E-state index contributed by atoms with van der Waals surface area (Å²) in [7, 11) is 0. The van der Waals surface area contributed by atoms with E-state index < -0.39 is 5.97 Å². The Morgan fingerprint density at radius 2 is 1.78 bits per heavy atom. The van der Waals surface area contributed by atoms with Crippen LogP contribution in [0.1, 0.15) is 44.7 Å². The number of rotatable bonds is 10. The summed E-state index contributed by atoms with van der Waals surface area (Å²) in [6.45, 7) is 6.16. The summed E-state index contributed by atoms with van der Waals surface area (Å²) in [4.78, 5) is 29.0. The van der Waals surface area contributed by atoms with Crippen LogP contribution < -0.4 is 9.47 Å². The number of amides is 1. The molecule has 1 amide bonds. The smallest absolute Gasteiger partial charge is 0.344 e. The van der Waals surface area contributed by atoms with E-state index in [0.29, 0.717) is 45.0 Å². The molecule has 1 aliphatic rings. The standard InChI is InChI=1S/C27H27Cl2NO6S/c1-4-7-23(31)30-26-24(27(33)35-6-3)25(32)22(37-26)14-16-9-11-20(21(13-16)34-5-2)36-15-17-8-10-18(28)19(29)12-17/h8-14,32H,4-7,15H2,1-3H3/b22-14-,30-26?. The van der Waals surface area contributed by atoms with Crippen molar-refractivity contribution in [2.45, 2.75) is 40.2 Å². The van der Waals surface area contributed by atoms with Crippen LogP contribution in [0, 0.1) is 0 Å². The molecule has 0 saturated carbocycles. The number of aliphatic hydroxyl groups is 1. The van der Waals surface area contributed by atoms with Crippen molar-refractivity contribution in [3.05, 3.63) is 73.8 Å². The molecular formula is C27H27Cl2NO6S. The number of ether oxygens (including phenoxy) is 3. The highest BCUT2D eigenvalue weighted by Gasteiger charge is 2.33. The van der Waals surface area contributed by atoms with Crippen LogP contribution in [0.25, 0.3) is 6.08 Å². The zero-order chi connectivity index (χ0) is 26.9. The van der Waals surface area contributed by atoms with Gasteiger partial charge in [-0.05, 0) is 61.7 Å². The fourth-order valence-electron chi connectivity index (χ4n) is 3.32. The van der Waals surface area contributed by atoms with Crippen LogP contribution in [0.15, 0.2) is 57.6 Å². The van der Waals surface area contributed by atoms with E-state index in [1.165, 1.54) is 0 Å². The van der Waals surface area contributed by atoms with Gasteiger partial charge in [-0.25, -0.2) is 9.79 Å². The monoisotopic (exact) mass is 563 g/mol. The molecule has 7 nitrogen and oxygen atoms in total. The number of esters is 1. The maximum absolute atomic E-state index is 12.5. The first-order valence-electron chi connectivity index (χ1n) is 11.7. The zero-order valence-electron chi connectivity index (χ0n) is 20.7. The summed E-state index contributed by atoms with van der Waals surface area (Å²) in [5.74, 6) is -0.373. The molecule has 0 atom stereocenters. The van der Waals surface area contributed by atoms with Crippen LogP contribution in [0.2, 0.25) is 10.0 Å². The number of carbonyl (C=O) groups is 2. The van der Waals surface area contributed by atoms with Crippen molar-refractivity contribution in [1.82, 2.24) is 0 Å². The Bertz CT molecular complexity index is 1270. The van der Waals surface area contributed by atoms with Crippen molar-refractivity contribution in [1.29, 1.82) is 0 Å². The molecule has 0 aromatic heterocycles. The molecule has 37 heavy (non-hydrogen) atoms. The average molecular weight is 564 g/mol. The first-order valence-corrected chi connectivity index (χ1v) is 13.3. The van der Waals surface area contributed by atoms with Gasteiger partial charge in [0.25, 0.3) is 0 Å². The second-order valence-electron chi connectivity index (χ2n) is 7.79. The lowest BCUT2D eigenvalue weighted by Gasteiger charge is -2.13. The predicted molar refractivity (Wildman–Crippen MR) is 148 cm³/mol.